The zero-order chi connectivity index (χ0) is 20.6. The molecule has 0 amide bonds. The lowest BCUT2D eigenvalue weighted by Gasteiger charge is -2.38. The molecule has 3 unspecified atom stereocenters. The highest BCUT2D eigenvalue weighted by molar-refractivity contribution is 8.00. The average Bonchev–Trinajstić information content (AvgIpc) is 3.02. The Labute approximate surface area is 191 Å². The summed E-state index contributed by atoms with van der Waals surface area (Å²) in [6, 6.07) is 39.3. The summed E-state index contributed by atoms with van der Waals surface area (Å²) < 4.78 is 0. The second-order valence-electron chi connectivity index (χ2n) is 7.88. The minimum Gasteiger partial charge on any atom is -0.251 e. The van der Waals surface area contributed by atoms with E-state index in [0.29, 0.717) is 5.25 Å². The summed E-state index contributed by atoms with van der Waals surface area (Å²) >= 11 is 3.95. The van der Waals surface area contributed by atoms with Gasteiger partial charge in [-0.05, 0) is 29.3 Å². The van der Waals surface area contributed by atoms with Gasteiger partial charge in [-0.3, -0.25) is 4.99 Å². The van der Waals surface area contributed by atoms with Gasteiger partial charge < -0.3 is 0 Å². The third kappa shape index (κ3) is 3.42. The number of thioether (sulfide) groups is 2. The summed E-state index contributed by atoms with van der Waals surface area (Å²) in [5, 5.41) is 0.594. The number of hydrogen-bond donors (Lipinski definition) is 0. The predicted octanol–water partition coefficient (Wildman–Crippen LogP) is 8.12. The molecule has 0 N–H and O–H groups in total. The second-order valence-corrected chi connectivity index (χ2v) is 10.3. The van der Waals surface area contributed by atoms with Crippen molar-refractivity contribution in [3.05, 3.63) is 126 Å². The Kier molecular flexibility index (Phi) is 4.94. The number of fused-ring (bicyclic) bond motifs is 4. The van der Waals surface area contributed by atoms with Crippen molar-refractivity contribution in [3.8, 4) is 0 Å². The van der Waals surface area contributed by atoms with Gasteiger partial charge in [-0.15, -0.1) is 23.5 Å². The molecule has 0 bridgehead atoms. The fourth-order valence-electron chi connectivity index (χ4n) is 4.58. The molecule has 0 aromatic heterocycles. The Morgan fingerprint density at radius 2 is 1.03 bits per heavy atom. The Hall–Kier alpha value is -2.75. The van der Waals surface area contributed by atoms with Crippen molar-refractivity contribution in [2.45, 2.75) is 20.3 Å². The first-order valence-corrected chi connectivity index (χ1v) is 12.3. The number of rotatable bonds is 2. The molecule has 2 heterocycles. The lowest BCUT2D eigenvalue weighted by atomic mass is 9.84. The van der Waals surface area contributed by atoms with Crippen LogP contribution in [0.5, 0.6) is 0 Å². The Morgan fingerprint density at radius 3 is 1.71 bits per heavy atom. The Balaban J connectivity index is 1.62. The predicted molar refractivity (Wildman–Crippen MR) is 133 cm³/mol. The van der Waals surface area contributed by atoms with Gasteiger partial charge in [-0.1, -0.05) is 91.0 Å². The molecule has 4 aromatic carbocycles. The lowest BCUT2D eigenvalue weighted by molar-refractivity contribution is 0.650. The molecule has 4 aromatic rings. The van der Waals surface area contributed by atoms with E-state index in [1.54, 1.807) is 0 Å². The monoisotopic (exact) mass is 435 g/mol. The molecule has 3 heteroatoms. The van der Waals surface area contributed by atoms with E-state index in [-0.39, 0.29) is 11.2 Å². The molecule has 0 aliphatic carbocycles. The molecule has 0 saturated heterocycles. The average molecular weight is 436 g/mol. The van der Waals surface area contributed by atoms with Gasteiger partial charge in [0.15, 0.2) is 0 Å². The zero-order valence-electron chi connectivity index (χ0n) is 16.9. The molecule has 0 radical (unpaired) electrons. The van der Waals surface area contributed by atoms with Gasteiger partial charge >= 0.3 is 0 Å². The number of para-hydroxylation sites is 1. The zero-order valence-corrected chi connectivity index (χ0v) is 18.5. The maximum Gasteiger partial charge on any atom is 0.0769 e. The van der Waals surface area contributed by atoms with Crippen molar-refractivity contribution in [2.24, 2.45) is 10.9 Å². The van der Waals surface area contributed by atoms with Crippen LogP contribution in [0.1, 0.15) is 27.2 Å². The highest BCUT2D eigenvalue weighted by atomic mass is 32.2. The van der Waals surface area contributed by atoms with E-state index in [4.69, 9.17) is 4.99 Å². The molecule has 0 fully saturated rings. The summed E-state index contributed by atoms with van der Waals surface area (Å²) in [4.78, 5) is 7.92. The largest absolute Gasteiger partial charge is 0.251 e. The number of benzene rings is 4. The summed E-state index contributed by atoms with van der Waals surface area (Å²) in [6.45, 7) is 0. The van der Waals surface area contributed by atoms with Gasteiger partial charge in [0.05, 0.1) is 11.4 Å². The van der Waals surface area contributed by atoms with Crippen LogP contribution in [0, 0.1) is 5.92 Å². The van der Waals surface area contributed by atoms with Crippen LogP contribution >= 0.6 is 23.5 Å². The van der Waals surface area contributed by atoms with Crippen molar-refractivity contribution < 1.29 is 0 Å². The van der Waals surface area contributed by atoms with E-state index in [0.717, 1.165) is 5.69 Å². The van der Waals surface area contributed by atoms with Crippen LogP contribution < -0.4 is 0 Å². The second kappa shape index (κ2) is 8.07. The molecule has 0 spiro atoms. The van der Waals surface area contributed by atoms with Crippen molar-refractivity contribution in [1.82, 2.24) is 0 Å². The van der Waals surface area contributed by atoms with Crippen LogP contribution in [0.25, 0.3) is 0 Å². The van der Waals surface area contributed by atoms with Gasteiger partial charge in [0.25, 0.3) is 0 Å². The minimum absolute atomic E-state index is 0.266. The number of hydrogen-bond acceptors (Lipinski definition) is 3. The topological polar surface area (TPSA) is 12.4 Å². The van der Waals surface area contributed by atoms with Crippen molar-refractivity contribution in [3.63, 3.8) is 0 Å². The summed E-state index contributed by atoms with van der Waals surface area (Å²) in [5.41, 5.74) is 6.31. The lowest BCUT2D eigenvalue weighted by Crippen LogP contribution is -2.30. The number of nitrogens with zero attached hydrogens (tertiary/aromatic N) is 1. The first kappa shape index (κ1) is 19.0. The molecule has 3 atom stereocenters. The molecule has 150 valence electrons. The molecule has 31 heavy (non-hydrogen) atoms. The van der Waals surface area contributed by atoms with Gasteiger partial charge in [0.2, 0.25) is 0 Å². The first-order valence-electron chi connectivity index (χ1n) is 10.6. The maximum atomic E-state index is 5.34. The molecule has 0 saturated carbocycles. The minimum atomic E-state index is 0.266. The Bertz CT molecular complexity index is 1250. The third-order valence-electron chi connectivity index (χ3n) is 6.00. The summed E-state index contributed by atoms with van der Waals surface area (Å²) in [7, 11) is 0. The standard InChI is InChI=1S/C28H21NS2/c1-3-11-19(12-4-1)27-25-26(21-15-7-9-17-23(21)30-27)29-22-16-8-10-18-24(22)31-28(25)20-13-5-2-6-14-20/h1-18,25,27-28H. The maximum absolute atomic E-state index is 5.34. The van der Waals surface area contributed by atoms with Crippen LogP contribution in [-0.4, -0.2) is 5.71 Å². The van der Waals surface area contributed by atoms with E-state index < -0.39 is 0 Å². The van der Waals surface area contributed by atoms with Gasteiger partial charge in [0, 0.05) is 31.8 Å². The molecule has 2 aliphatic rings. The summed E-state index contributed by atoms with van der Waals surface area (Å²) in [5.74, 6) is 0.266. The van der Waals surface area contributed by atoms with E-state index in [1.807, 2.05) is 23.5 Å². The molecule has 2 aliphatic heterocycles. The fourth-order valence-corrected chi connectivity index (χ4v) is 7.52. The van der Waals surface area contributed by atoms with Crippen LogP contribution in [0.2, 0.25) is 0 Å². The quantitative estimate of drug-likeness (QED) is 0.315. The van der Waals surface area contributed by atoms with Crippen molar-refractivity contribution >= 4 is 34.9 Å². The van der Waals surface area contributed by atoms with E-state index in [1.165, 1.54) is 32.2 Å². The normalized spacial score (nSPS) is 21.8. The summed E-state index contributed by atoms with van der Waals surface area (Å²) in [6.07, 6.45) is 0. The smallest absolute Gasteiger partial charge is 0.0769 e. The van der Waals surface area contributed by atoms with Gasteiger partial charge in [-0.25, -0.2) is 0 Å². The molecular weight excluding hydrogens is 414 g/mol. The van der Waals surface area contributed by atoms with E-state index >= 15 is 0 Å². The van der Waals surface area contributed by atoms with E-state index in [9.17, 15) is 0 Å². The van der Waals surface area contributed by atoms with E-state index in [2.05, 4.69) is 109 Å². The fraction of sp³-hybridized carbons (Fsp3) is 0.107. The molecule has 1 nitrogen and oxygen atoms in total. The van der Waals surface area contributed by atoms with Crippen LogP contribution in [0.3, 0.4) is 0 Å². The van der Waals surface area contributed by atoms with Crippen molar-refractivity contribution in [1.29, 1.82) is 0 Å². The van der Waals surface area contributed by atoms with Crippen molar-refractivity contribution in [2.75, 3.05) is 0 Å². The van der Waals surface area contributed by atoms with Gasteiger partial charge in [0.1, 0.15) is 0 Å². The highest BCUT2D eigenvalue weighted by Gasteiger charge is 2.42. The third-order valence-corrected chi connectivity index (χ3v) is 8.85. The van der Waals surface area contributed by atoms with Crippen LogP contribution in [-0.2, 0) is 0 Å². The first-order chi connectivity index (χ1) is 15.4. The van der Waals surface area contributed by atoms with Crippen LogP contribution in [0.15, 0.2) is 124 Å². The highest BCUT2D eigenvalue weighted by Crippen LogP contribution is 2.59. The van der Waals surface area contributed by atoms with Gasteiger partial charge in [-0.2, -0.15) is 0 Å². The molecular formula is C28H21NS2. The number of aliphatic imine (C=N–C) groups is 1. The SMILES string of the molecule is c1ccc(C2Sc3ccccc3N=C3c4ccccc4SC(c4ccccc4)C32)cc1. The van der Waals surface area contributed by atoms with Crippen LogP contribution in [0.4, 0.5) is 5.69 Å². The Morgan fingerprint density at radius 1 is 0.516 bits per heavy atom. The molecule has 6 rings (SSSR count).